The van der Waals surface area contributed by atoms with Gasteiger partial charge < -0.3 is 0 Å². The van der Waals surface area contributed by atoms with Gasteiger partial charge in [0.05, 0.1) is 0 Å². The molecule has 0 saturated carbocycles. The zero-order chi connectivity index (χ0) is 6.41. The van der Waals surface area contributed by atoms with E-state index in [-0.39, 0.29) is 0 Å². The molecule has 0 aliphatic rings. The van der Waals surface area contributed by atoms with Gasteiger partial charge in [0, 0.05) is 5.33 Å². The van der Waals surface area contributed by atoms with E-state index in [0.29, 0.717) is 0 Å². The van der Waals surface area contributed by atoms with Crippen LogP contribution in [0.25, 0.3) is 0 Å². The van der Waals surface area contributed by atoms with E-state index in [4.69, 9.17) is 0 Å². The van der Waals surface area contributed by atoms with Crippen LogP contribution in [-0.4, -0.2) is 5.33 Å². The second-order valence-electron chi connectivity index (χ2n) is 1.47. The Morgan fingerprint density at radius 2 is 2.25 bits per heavy atom. The molecular formula is C6H8Br2. The fraction of sp³-hybridized carbons (Fsp3) is 0.333. The Labute approximate surface area is 66.9 Å². The van der Waals surface area contributed by atoms with Crippen LogP contribution in [0.4, 0.5) is 0 Å². The smallest absolute Gasteiger partial charge is 0.0242 e. The van der Waals surface area contributed by atoms with Crippen LogP contribution < -0.4 is 0 Å². The molecule has 0 aromatic carbocycles. The molecule has 0 aliphatic heterocycles. The third kappa shape index (κ3) is 4.60. The van der Waals surface area contributed by atoms with Crippen LogP contribution in [0.15, 0.2) is 22.7 Å². The number of allylic oxidation sites excluding steroid dienone is 3. The maximum atomic E-state index is 3.33. The Morgan fingerprint density at radius 1 is 1.62 bits per heavy atom. The van der Waals surface area contributed by atoms with Crippen molar-refractivity contribution in [1.29, 1.82) is 0 Å². The minimum Gasteiger partial charge on any atom is -0.0880 e. The Hall–Kier alpha value is 0.440. The molecule has 0 saturated heterocycles. The summed E-state index contributed by atoms with van der Waals surface area (Å²) >= 11 is 6.49. The molecule has 0 heterocycles. The maximum absolute atomic E-state index is 3.33. The lowest BCUT2D eigenvalue weighted by Crippen LogP contribution is -1.70. The zero-order valence-electron chi connectivity index (χ0n) is 4.70. The molecule has 0 nitrogen and oxygen atoms in total. The molecule has 0 aliphatic carbocycles. The first-order valence-corrected chi connectivity index (χ1v) is 4.33. The molecule has 0 amide bonds. The predicted octanol–water partition coefficient (Wildman–Crippen LogP) is 3.24. The lowest BCUT2D eigenvalue weighted by atomic mass is 10.3. The number of alkyl halides is 1. The van der Waals surface area contributed by atoms with E-state index in [1.54, 1.807) is 0 Å². The molecule has 0 aromatic heterocycles. The van der Waals surface area contributed by atoms with E-state index >= 15 is 0 Å². The van der Waals surface area contributed by atoms with Crippen molar-refractivity contribution in [2.75, 3.05) is 5.33 Å². The second-order valence-corrected chi connectivity index (χ2v) is 2.55. The van der Waals surface area contributed by atoms with Crippen LogP contribution >= 0.6 is 31.9 Å². The first-order chi connectivity index (χ1) is 3.81. The minimum absolute atomic E-state index is 0.949. The van der Waals surface area contributed by atoms with Crippen molar-refractivity contribution in [3.63, 3.8) is 0 Å². The van der Waals surface area contributed by atoms with Crippen LogP contribution in [0.2, 0.25) is 0 Å². The number of hydrogen-bond acceptors (Lipinski definition) is 0. The molecule has 0 N–H and O–H groups in total. The number of halogens is 2. The highest BCUT2D eigenvalue weighted by molar-refractivity contribution is 9.11. The van der Waals surface area contributed by atoms with Crippen molar-refractivity contribution in [1.82, 2.24) is 0 Å². The molecule has 0 radical (unpaired) electrons. The third-order valence-corrected chi connectivity index (χ3v) is 1.85. The summed E-state index contributed by atoms with van der Waals surface area (Å²) in [6.45, 7) is 2.07. The molecule has 8 heavy (non-hydrogen) atoms. The van der Waals surface area contributed by atoms with Gasteiger partial charge in [0.25, 0.3) is 0 Å². The standard InChI is InChI=1S/C6H8Br2/c1-6(5-8)3-2-4-7/h2-4H,5H2,1H3. The van der Waals surface area contributed by atoms with Gasteiger partial charge >= 0.3 is 0 Å². The average molecular weight is 240 g/mol. The van der Waals surface area contributed by atoms with Gasteiger partial charge in [-0.25, -0.2) is 0 Å². The summed E-state index contributed by atoms with van der Waals surface area (Å²) in [6.07, 6.45) is 4.00. The summed E-state index contributed by atoms with van der Waals surface area (Å²) in [4.78, 5) is 1.83. The monoisotopic (exact) mass is 238 g/mol. The highest BCUT2D eigenvalue weighted by Crippen LogP contribution is 1.97. The predicted molar refractivity (Wildman–Crippen MR) is 45.6 cm³/mol. The molecule has 0 unspecified atom stereocenters. The molecule has 0 spiro atoms. The summed E-state index contributed by atoms with van der Waals surface area (Å²) in [6, 6.07) is 0. The van der Waals surface area contributed by atoms with Gasteiger partial charge in [0.2, 0.25) is 0 Å². The zero-order valence-corrected chi connectivity index (χ0v) is 7.87. The summed E-state index contributed by atoms with van der Waals surface area (Å²) in [5.74, 6) is 0. The molecule has 0 atom stereocenters. The van der Waals surface area contributed by atoms with E-state index in [1.165, 1.54) is 5.57 Å². The van der Waals surface area contributed by atoms with Crippen molar-refractivity contribution in [3.8, 4) is 0 Å². The van der Waals surface area contributed by atoms with Crippen LogP contribution in [0.5, 0.6) is 0 Å². The Kier molecular flexibility index (Phi) is 5.88. The quantitative estimate of drug-likeness (QED) is 0.513. The fourth-order valence-electron chi connectivity index (χ4n) is 0.245. The van der Waals surface area contributed by atoms with E-state index in [9.17, 15) is 0 Å². The first kappa shape index (κ1) is 8.44. The summed E-state index contributed by atoms with van der Waals surface area (Å²) < 4.78 is 0. The second kappa shape index (κ2) is 5.57. The molecule has 0 rings (SSSR count). The molecule has 2 heteroatoms. The SMILES string of the molecule is CC(=CC=CBr)CBr. The fourth-order valence-corrected chi connectivity index (χ4v) is 0.585. The average Bonchev–Trinajstić information content (AvgIpc) is 1.83. The Balaban J connectivity index is 3.57. The molecule has 0 bridgehead atoms. The summed E-state index contributed by atoms with van der Waals surface area (Å²) in [7, 11) is 0. The van der Waals surface area contributed by atoms with E-state index in [0.717, 1.165) is 5.33 Å². The van der Waals surface area contributed by atoms with Gasteiger partial charge in [-0.3, -0.25) is 0 Å². The maximum Gasteiger partial charge on any atom is 0.0242 e. The van der Waals surface area contributed by atoms with Crippen LogP contribution in [0, 0.1) is 0 Å². The third-order valence-electron chi connectivity index (χ3n) is 0.664. The van der Waals surface area contributed by atoms with Crippen molar-refractivity contribution < 1.29 is 0 Å². The Bertz CT molecular complexity index is 103. The van der Waals surface area contributed by atoms with Gasteiger partial charge in [-0.2, -0.15) is 0 Å². The van der Waals surface area contributed by atoms with Crippen LogP contribution in [0.1, 0.15) is 6.92 Å². The van der Waals surface area contributed by atoms with Crippen molar-refractivity contribution in [3.05, 3.63) is 22.7 Å². The van der Waals surface area contributed by atoms with E-state index in [1.807, 2.05) is 17.1 Å². The van der Waals surface area contributed by atoms with Gasteiger partial charge in [-0.05, 0) is 11.9 Å². The number of rotatable bonds is 2. The lowest BCUT2D eigenvalue weighted by Gasteiger charge is -1.85. The lowest BCUT2D eigenvalue weighted by molar-refractivity contribution is 1.43. The van der Waals surface area contributed by atoms with Crippen LogP contribution in [0.3, 0.4) is 0 Å². The largest absolute Gasteiger partial charge is 0.0880 e. The molecule has 0 aromatic rings. The molecular weight excluding hydrogens is 232 g/mol. The van der Waals surface area contributed by atoms with Crippen molar-refractivity contribution in [2.45, 2.75) is 6.92 Å². The first-order valence-electron chi connectivity index (χ1n) is 2.29. The molecule has 0 fully saturated rings. The summed E-state index contributed by atoms with van der Waals surface area (Å²) in [5.41, 5.74) is 1.32. The van der Waals surface area contributed by atoms with Gasteiger partial charge in [0.15, 0.2) is 0 Å². The van der Waals surface area contributed by atoms with E-state index in [2.05, 4.69) is 38.8 Å². The topological polar surface area (TPSA) is 0 Å². The molecule has 46 valence electrons. The van der Waals surface area contributed by atoms with Gasteiger partial charge in [-0.15, -0.1) is 0 Å². The normalized spacial score (nSPS) is 13.1. The van der Waals surface area contributed by atoms with Crippen molar-refractivity contribution in [2.24, 2.45) is 0 Å². The van der Waals surface area contributed by atoms with Crippen LogP contribution in [-0.2, 0) is 0 Å². The Morgan fingerprint density at radius 3 is 2.62 bits per heavy atom. The highest BCUT2D eigenvalue weighted by Gasteiger charge is 1.77. The number of hydrogen-bond donors (Lipinski definition) is 0. The van der Waals surface area contributed by atoms with E-state index < -0.39 is 0 Å². The van der Waals surface area contributed by atoms with Gasteiger partial charge in [0.1, 0.15) is 0 Å². The minimum atomic E-state index is 0.949. The summed E-state index contributed by atoms with van der Waals surface area (Å²) in [5, 5.41) is 0.949. The highest BCUT2D eigenvalue weighted by atomic mass is 79.9. The van der Waals surface area contributed by atoms with Crippen molar-refractivity contribution >= 4 is 31.9 Å². The van der Waals surface area contributed by atoms with Gasteiger partial charge in [-0.1, -0.05) is 49.6 Å².